The molecule has 5 aliphatic rings. The van der Waals surface area contributed by atoms with Gasteiger partial charge in [-0.25, -0.2) is 22.8 Å². The number of nitrogens with zero attached hydrogens (tertiary/aromatic N) is 18. The van der Waals surface area contributed by atoms with E-state index in [0.29, 0.717) is 12.1 Å². The topological polar surface area (TPSA) is 136 Å². The van der Waals surface area contributed by atoms with E-state index in [-0.39, 0.29) is 0 Å². The number of rotatable bonds is 3. The van der Waals surface area contributed by atoms with Gasteiger partial charge in [-0.2, -0.15) is 13.7 Å². The van der Waals surface area contributed by atoms with Crippen molar-refractivity contribution in [1.29, 1.82) is 0 Å². The van der Waals surface area contributed by atoms with Crippen LogP contribution in [0.15, 0.2) is 309 Å². The fraction of sp³-hybridized carbons (Fsp3) is 0.102. The summed E-state index contributed by atoms with van der Waals surface area (Å²) >= 11 is 1.86. The lowest BCUT2D eigenvalue weighted by Crippen LogP contribution is -2.33. The van der Waals surface area contributed by atoms with Crippen molar-refractivity contribution in [3.05, 3.63) is 332 Å². The van der Waals surface area contributed by atoms with Crippen LogP contribution in [0.1, 0.15) is 31.9 Å². The van der Waals surface area contributed by atoms with Crippen molar-refractivity contribution >= 4 is 120 Å². The molecule has 0 amide bonds. The molecular weight excluding hydrogens is 1480 g/mol. The first-order valence-corrected chi connectivity index (χ1v) is 40.5. The highest BCUT2D eigenvalue weighted by Gasteiger charge is 2.42. The van der Waals surface area contributed by atoms with Crippen LogP contribution in [-0.4, -0.2) is 61.5 Å². The minimum absolute atomic E-state index is 0.683. The van der Waals surface area contributed by atoms with Crippen LogP contribution in [0.5, 0.6) is 0 Å². The summed E-state index contributed by atoms with van der Waals surface area (Å²) in [6, 6.07) is 84.6. The molecule has 0 N–H and O–H groups in total. The van der Waals surface area contributed by atoms with Crippen LogP contribution >= 0.6 is 11.3 Å². The fourth-order valence-electron chi connectivity index (χ4n) is 19.7. The van der Waals surface area contributed by atoms with E-state index < -0.39 is 6.98 Å². The molecule has 20 heteroatoms. The van der Waals surface area contributed by atoms with Crippen LogP contribution in [0.25, 0.3) is 183 Å². The second-order valence-electron chi connectivity index (χ2n) is 30.9. The maximum atomic E-state index is 8.04. The smallest absolute Gasteiger partial charge is 0.340 e. The average Bonchev–Trinajstić information content (AvgIpc) is 1.55. The van der Waals surface area contributed by atoms with Crippen LogP contribution in [0.2, 0.25) is 0 Å². The highest BCUT2D eigenvalue weighted by atomic mass is 32.1. The molecule has 23 aromatic rings. The number of pyridine rings is 5. The molecule has 0 aliphatic carbocycles. The van der Waals surface area contributed by atoms with Crippen LogP contribution < -0.4 is 22.8 Å². The molecule has 5 aliphatic heterocycles. The molecule has 28 rings (SSSR count). The van der Waals surface area contributed by atoms with Gasteiger partial charge in [0, 0.05) is 101 Å². The standard InChI is InChI=1S/C22H17N4.C21H14N3O.C21H14N3S.2C17H15N4/c1-24-20-18-13-23-12-11-19(18)26(16-8-3-2-4-9-16)22(20)25-14-15-7-5-6-10-17(15)21(24)25;2*1-2-7-15(8-3-1)24-19-17-12-22-11-10-18(17)25-21(19)23-13-14-6-4-5-9-16(14)20(23)24;2*1-19-14-7-8-18-9-13(14)15-17(19)21-10-11-5-3-4-6-12(11)16(21)20(15)2/h2-13H,14H2,1H3;2*1-12H,13H2;2*3-9H,10H2,1-2H3/q5*+1/i;;;1D3;. The zero-order valence-corrected chi connectivity index (χ0v) is 65.6. The predicted molar refractivity (Wildman–Crippen MR) is 463 cm³/mol. The maximum Gasteiger partial charge on any atom is 0.340 e. The molecule has 15 aromatic heterocycles. The van der Waals surface area contributed by atoms with Gasteiger partial charge in [-0.1, -0.05) is 157 Å². The molecular formula is C98H75N18OS+5. The number of para-hydroxylation sites is 3. The van der Waals surface area contributed by atoms with E-state index in [1.807, 2.05) is 86.0 Å². The highest BCUT2D eigenvalue weighted by molar-refractivity contribution is 7.25. The number of thiophene rings is 1. The van der Waals surface area contributed by atoms with Gasteiger partial charge in [0.05, 0.1) is 114 Å². The Morgan fingerprint density at radius 2 is 0.661 bits per heavy atom. The number of imidazole rings is 5. The number of hydrogen-bond acceptors (Lipinski definition) is 7. The Morgan fingerprint density at radius 3 is 1.16 bits per heavy atom. The molecule has 8 aromatic carbocycles. The summed E-state index contributed by atoms with van der Waals surface area (Å²) in [5.74, 6) is 6.03. The first kappa shape index (κ1) is 64.4. The summed E-state index contributed by atoms with van der Waals surface area (Å²) in [5.41, 5.74) is 30.5. The normalized spacial score (nSPS) is 13.3. The van der Waals surface area contributed by atoms with Crippen molar-refractivity contribution in [2.24, 2.45) is 35.2 Å². The largest absolute Gasteiger partial charge is 0.419 e. The molecule has 0 saturated heterocycles. The summed E-state index contributed by atoms with van der Waals surface area (Å²) in [7, 11) is 8.45. The monoisotopic (exact) mass is 1550 g/mol. The molecule has 0 unspecified atom stereocenters. The van der Waals surface area contributed by atoms with E-state index in [1.54, 1.807) is 24.7 Å². The average molecular weight is 1560 g/mol. The van der Waals surface area contributed by atoms with Crippen molar-refractivity contribution < 1.29 is 31.4 Å². The predicted octanol–water partition coefficient (Wildman–Crippen LogP) is 17.2. The highest BCUT2D eigenvalue weighted by Crippen LogP contribution is 2.44. The molecule has 0 radical (unpaired) electrons. The van der Waals surface area contributed by atoms with Crippen LogP contribution in [0.4, 0.5) is 0 Å². The lowest BCUT2D eigenvalue weighted by Gasteiger charge is -2.03. The minimum atomic E-state index is -2.25. The summed E-state index contributed by atoms with van der Waals surface area (Å²) in [6.45, 7) is 2.04. The molecule has 564 valence electrons. The lowest BCUT2D eigenvalue weighted by molar-refractivity contribution is -0.652. The van der Waals surface area contributed by atoms with Crippen molar-refractivity contribution in [2.45, 2.75) is 32.7 Å². The Kier molecular flexibility index (Phi) is 14.2. The zero-order chi connectivity index (χ0) is 80.8. The SMILES string of the molecule is Cn1c2[n+](c3c1c1cnccc1n3-c1ccccc1)Cc1ccccc1-2.Cn1c2[n+](c3c1c1cnccc1n3C)Cc1ccccc1-2.[2H]C([2H])([2H])n1c2ccncc2c2c1[n+]1c(n2C)-c2ccccc2C1.c1ccc(-n2c3[n+](c4oc5ccncc5c42)Cc2ccccc2-3)cc1.c1ccc(-n2c3[n+](c4sc5ccncc5c42)Cc2ccccc2-3)cc1. The van der Waals surface area contributed by atoms with E-state index in [1.165, 1.54) is 154 Å². The quantitative estimate of drug-likeness (QED) is 0.162. The third-order valence-electron chi connectivity index (χ3n) is 24.6. The number of benzene rings is 8. The molecule has 19 nitrogen and oxygen atoms in total. The Labute approximate surface area is 683 Å². The van der Waals surface area contributed by atoms with Crippen molar-refractivity contribution in [1.82, 2.24) is 61.5 Å². The van der Waals surface area contributed by atoms with Crippen LogP contribution in [0.3, 0.4) is 0 Å². The van der Waals surface area contributed by atoms with Crippen molar-refractivity contribution in [3.63, 3.8) is 0 Å². The number of fused-ring (bicyclic) bond motifs is 35. The zero-order valence-electron chi connectivity index (χ0n) is 67.8. The van der Waals surface area contributed by atoms with E-state index >= 15 is 0 Å². The number of aromatic nitrogens is 18. The molecule has 0 bridgehead atoms. The van der Waals surface area contributed by atoms with E-state index in [9.17, 15) is 0 Å². The number of hydrogen-bond donors (Lipinski definition) is 0. The Morgan fingerprint density at radius 1 is 0.305 bits per heavy atom. The molecule has 0 atom stereocenters. The van der Waals surface area contributed by atoms with Gasteiger partial charge >= 0.3 is 5.71 Å². The molecule has 0 saturated carbocycles. The number of aryl methyl sites for hydroxylation is 5. The van der Waals surface area contributed by atoms with E-state index in [4.69, 9.17) is 8.53 Å². The lowest BCUT2D eigenvalue weighted by atomic mass is 10.1. The summed E-state index contributed by atoms with van der Waals surface area (Å²) in [6.07, 6.45) is 18.6. The molecule has 0 fully saturated rings. The van der Waals surface area contributed by atoms with Gasteiger partial charge in [0.15, 0.2) is 16.6 Å². The van der Waals surface area contributed by atoms with E-state index in [0.717, 1.165) is 82.0 Å². The Hall–Kier alpha value is -15.0. The van der Waals surface area contributed by atoms with Crippen molar-refractivity contribution in [3.8, 4) is 74.0 Å². The summed E-state index contributed by atoms with van der Waals surface area (Å²) < 4.78 is 60.9. The first-order valence-electron chi connectivity index (χ1n) is 41.2. The van der Waals surface area contributed by atoms with Gasteiger partial charge in [0.1, 0.15) is 52.3 Å². The van der Waals surface area contributed by atoms with Crippen LogP contribution in [0, 0.1) is 0 Å². The van der Waals surface area contributed by atoms with Crippen molar-refractivity contribution in [2.75, 3.05) is 0 Å². The van der Waals surface area contributed by atoms with Gasteiger partial charge in [-0.05, 0) is 91.0 Å². The van der Waals surface area contributed by atoms with Gasteiger partial charge in [0.2, 0.25) is 33.3 Å². The summed E-state index contributed by atoms with van der Waals surface area (Å²) in [4.78, 5) is 22.9. The number of furan rings is 1. The van der Waals surface area contributed by atoms with Gasteiger partial charge in [-0.3, -0.25) is 47.8 Å². The van der Waals surface area contributed by atoms with Gasteiger partial charge in [-0.15, -0.1) is 0 Å². The van der Waals surface area contributed by atoms with Crippen LogP contribution in [-0.2, 0) is 67.9 Å². The fourth-order valence-corrected chi connectivity index (χ4v) is 20.8. The minimum Gasteiger partial charge on any atom is -0.419 e. The molecule has 118 heavy (non-hydrogen) atoms. The Balaban J connectivity index is 0.0000000858. The van der Waals surface area contributed by atoms with Gasteiger partial charge in [0.25, 0.3) is 28.6 Å². The maximum absolute atomic E-state index is 8.04. The second kappa shape index (κ2) is 26.0. The molecule has 20 heterocycles. The summed E-state index contributed by atoms with van der Waals surface area (Å²) in [5, 5.41) is 5.54. The second-order valence-corrected chi connectivity index (χ2v) is 31.9. The third kappa shape index (κ3) is 9.68. The Bertz CT molecular complexity index is 8050. The first-order chi connectivity index (χ1) is 59.4. The third-order valence-corrected chi connectivity index (χ3v) is 25.8. The van der Waals surface area contributed by atoms with E-state index in [2.05, 4.69) is 313 Å². The van der Waals surface area contributed by atoms with Gasteiger partial charge < -0.3 is 4.42 Å². The molecule has 0 spiro atoms.